The van der Waals surface area contributed by atoms with Crippen molar-refractivity contribution in [2.24, 2.45) is 0 Å². The Morgan fingerprint density at radius 2 is 2.00 bits per heavy atom. The lowest BCUT2D eigenvalue weighted by Gasteiger charge is -2.08. The highest BCUT2D eigenvalue weighted by atomic mass is 32.1. The number of nitrogens with one attached hydrogen (secondary N) is 1. The van der Waals surface area contributed by atoms with Crippen molar-refractivity contribution in [3.8, 4) is 5.75 Å². The minimum Gasteiger partial charge on any atom is -0.497 e. The number of hydrogen-bond acceptors (Lipinski definition) is 8. The van der Waals surface area contributed by atoms with Crippen LogP contribution in [0.3, 0.4) is 0 Å². The van der Waals surface area contributed by atoms with E-state index in [-0.39, 0.29) is 12.1 Å². The maximum atomic E-state index is 12.4. The number of nitrogen functional groups attached to an aromatic ring is 1. The van der Waals surface area contributed by atoms with Crippen molar-refractivity contribution in [1.29, 1.82) is 0 Å². The zero-order chi connectivity index (χ0) is 20.1. The summed E-state index contributed by atoms with van der Waals surface area (Å²) in [5.41, 5.74) is 6.51. The molecule has 8 nitrogen and oxygen atoms in total. The highest BCUT2D eigenvalue weighted by molar-refractivity contribution is 7.15. The number of anilines is 1. The van der Waals surface area contributed by atoms with Gasteiger partial charge in [0.25, 0.3) is 5.91 Å². The third-order valence-electron chi connectivity index (χ3n) is 4.13. The summed E-state index contributed by atoms with van der Waals surface area (Å²) >= 11 is 1.17. The Bertz CT molecular complexity index is 1030. The van der Waals surface area contributed by atoms with Crippen LogP contribution in [0.2, 0.25) is 0 Å². The van der Waals surface area contributed by atoms with Crippen molar-refractivity contribution in [2.45, 2.75) is 26.3 Å². The van der Waals surface area contributed by atoms with Gasteiger partial charge in [-0.2, -0.15) is 0 Å². The summed E-state index contributed by atoms with van der Waals surface area (Å²) in [6, 6.07) is 9.42. The fraction of sp³-hybridized carbons (Fsp3) is 0.263. The molecular formula is C19H20N4O4S. The first-order valence-electron chi connectivity index (χ1n) is 8.59. The molecule has 1 amide bonds. The first-order valence-corrected chi connectivity index (χ1v) is 9.40. The van der Waals surface area contributed by atoms with Crippen LogP contribution in [0, 0.1) is 6.92 Å². The van der Waals surface area contributed by atoms with Crippen LogP contribution in [-0.2, 0) is 19.4 Å². The average molecular weight is 400 g/mol. The van der Waals surface area contributed by atoms with Gasteiger partial charge >= 0.3 is 5.63 Å². The van der Waals surface area contributed by atoms with Crippen LogP contribution in [0.1, 0.15) is 32.3 Å². The van der Waals surface area contributed by atoms with Crippen LogP contribution in [0.15, 0.2) is 39.5 Å². The molecule has 0 radical (unpaired) electrons. The number of nitrogens with two attached hydrogens (primary N) is 1. The summed E-state index contributed by atoms with van der Waals surface area (Å²) in [7, 11) is 1.62. The zero-order valence-corrected chi connectivity index (χ0v) is 16.3. The molecule has 3 N–H and O–H groups in total. The number of rotatable bonds is 7. The number of aryl methyl sites for hydroxylation is 3. The molecular weight excluding hydrogens is 380 g/mol. The number of nitrogens with zero attached hydrogens (tertiary/aromatic N) is 2. The van der Waals surface area contributed by atoms with Crippen LogP contribution in [-0.4, -0.2) is 23.2 Å². The van der Waals surface area contributed by atoms with Gasteiger partial charge in [0.1, 0.15) is 22.1 Å². The molecule has 3 rings (SSSR count). The quantitative estimate of drug-likeness (QED) is 0.623. The standard InChI is InChI=1S/C19H20N4O4S/c1-11-9-14(8-5-12-3-6-13(26-2)7-4-12)27-18(25)16(11)17(24)21-10-15-22-23-19(20)28-15/h3-4,6-7,9H,5,8,10H2,1-2H3,(H2,20,23)(H,21,24). The van der Waals surface area contributed by atoms with Gasteiger partial charge in [0.05, 0.1) is 13.7 Å². The lowest BCUT2D eigenvalue weighted by molar-refractivity contribution is 0.0945. The first-order chi connectivity index (χ1) is 13.5. The molecule has 0 aliphatic rings. The predicted molar refractivity (Wildman–Crippen MR) is 106 cm³/mol. The van der Waals surface area contributed by atoms with E-state index >= 15 is 0 Å². The number of benzene rings is 1. The second-order valence-corrected chi connectivity index (χ2v) is 7.22. The number of hydrogen-bond donors (Lipinski definition) is 2. The molecule has 0 bridgehead atoms. The van der Waals surface area contributed by atoms with Crippen molar-refractivity contribution >= 4 is 22.4 Å². The Balaban J connectivity index is 1.65. The minimum absolute atomic E-state index is 0.00863. The Morgan fingerprint density at radius 3 is 2.61 bits per heavy atom. The lowest BCUT2D eigenvalue weighted by Crippen LogP contribution is -2.29. The maximum absolute atomic E-state index is 12.4. The van der Waals surface area contributed by atoms with Gasteiger partial charge in [0.15, 0.2) is 0 Å². The highest BCUT2D eigenvalue weighted by Gasteiger charge is 2.17. The molecule has 0 spiro atoms. The smallest absolute Gasteiger partial charge is 0.349 e. The van der Waals surface area contributed by atoms with Crippen LogP contribution in [0.4, 0.5) is 5.13 Å². The SMILES string of the molecule is COc1ccc(CCc2cc(C)c(C(=O)NCc3nnc(N)s3)c(=O)o2)cc1. The molecule has 146 valence electrons. The van der Waals surface area contributed by atoms with E-state index in [1.807, 2.05) is 24.3 Å². The zero-order valence-electron chi connectivity index (χ0n) is 15.5. The Labute approximate surface area is 165 Å². The number of carbonyl (C=O) groups excluding carboxylic acids is 1. The molecule has 0 aliphatic carbocycles. The molecule has 3 aromatic rings. The summed E-state index contributed by atoms with van der Waals surface area (Å²) in [4.78, 5) is 24.7. The third-order valence-corrected chi connectivity index (χ3v) is 4.88. The van der Waals surface area contributed by atoms with Gasteiger partial charge in [0.2, 0.25) is 5.13 Å². The maximum Gasteiger partial charge on any atom is 0.349 e. The number of amides is 1. The number of methoxy groups -OCH3 is 1. The van der Waals surface area contributed by atoms with Crippen molar-refractivity contribution in [1.82, 2.24) is 15.5 Å². The average Bonchev–Trinajstić information content (AvgIpc) is 3.10. The molecule has 0 atom stereocenters. The highest BCUT2D eigenvalue weighted by Crippen LogP contribution is 2.15. The van der Waals surface area contributed by atoms with E-state index in [1.165, 1.54) is 11.3 Å². The molecule has 2 heterocycles. The van der Waals surface area contributed by atoms with E-state index in [0.717, 1.165) is 11.3 Å². The summed E-state index contributed by atoms with van der Waals surface area (Å²) < 4.78 is 10.5. The van der Waals surface area contributed by atoms with Crippen LogP contribution in [0.25, 0.3) is 0 Å². The number of carbonyl (C=O) groups is 1. The van der Waals surface area contributed by atoms with Gasteiger partial charge in [-0.15, -0.1) is 10.2 Å². The molecule has 0 saturated carbocycles. The van der Waals surface area contributed by atoms with Gasteiger partial charge in [-0.05, 0) is 42.7 Å². The predicted octanol–water partition coefficient (Wildman–Crippen LogP) is 2.11. The Kier molecular flexibility index (Phi) is 6.05. The minimum atomic E-state index is -0.654. The molecule has 2 aromatic heterocycles. The van der Waals surface area contributed by atoms with Crippen LogP contribution < -0.4 is 21.4 Å². The topological polar surface area (TPSA) is 120 Å². The fourth-order valence-electron chi connectivity index (χ4n) is 2.71. The van der Waals surface area contributed by atoms with E-state index in [9.17, 15) is 9.59 Å². The van der Waals surface area contributed by atoms with E-state index in [4.69, 9.17) is 14.9 Å². The number of aromatic nitrogens is 2. The van der Waals surface area contributed by atoms with Crippen molar-refractivity contribution in [3.05, 3.63) is 68.2 Å². The van der Waals surface area contributed by atoms with Crippen LogP contribution in [0.5, 0.6) is 5.75 Å². The largest absolute Gasteiger partial charge is 0.497 e. The molecule has 0 fully saturated rings. The lowest BCUT2D eigenvalue weighted by atomic mass is 10.1. The second-order valence-electron chi connectivity index (χ2n) is 6.12. The van der Waals surface area contributed by atoms with Crippen molar-refractivity contribution in [3.63, 3.8) is 0 Å². The molecule has 0 saturated heterocycles. The molecule has 0 unspecified atom stereocenters. The Hall–Kier alpha value is -3.20. The van der Waals surface area contributed by atoms with Crippen molar-refractivity contribution in [2.75, 3.05) is 12.8 Å². The summed E-state index contributed by atoms with van der Waals surface area (Å²) in [6.07, 6.45) is 1.25. The normalized spacial score (nSPS) is 10.6. The summed E-state index contributed by atoms with van der Waals surface area (Å²) in [5.74, 6) is 0.811. The monoisotopic (exact) mass is 400 g/mol. The summed E-state index contributed by atoms with van der Waals surface area (Å²) in [5, 5.41) is 11.0. The van der Waals surface area contributed by atoms with E-state index in [1.54, 1.807) is 20.1 Å². The van der Waals surface area contributed by atoms with Gasteiger partial charge < -0.3 is 20.2 Å². The van der Waals surface area contributed by atoms with E-state index in [2.05, 4.69) is 15.5 Å². The number of ether oxygens (including phenoxy) is 1. The second kappa shape index (κ2) is 8.66. The Morgan fingerprint density at radius 1 is 1.25 bits per heavy atom. The third kappa shape index (κ3) is 4.74. The molecule has 9 heteroatoms. The summed E-state index contributed by atoms with van der Waals surface area (Å²) in [6.45, 7) is 1.86. The van der Waals surface area contributed by atoms with Crippen LogP contribution >= 0.6 is 11.3 Å². The molecule has 1 aromatic carbocycles. The van der Waals surface area contributed by atoms with Gasteiger partial charge in [-0.1, -0.05) is 23.5 Å². The van der Waals surface area contributed by atoms with Gasteiger partial charge in [0, 0.05) is 6.42 Å². The van der Waals surface area contributed by atoms with E-state index < -0.39 is 11.5 Å². The fourth-order valence-corrected chi connectivity index (χ4v) is 3.26. The molecule has 28 heavy (non-hydrogen) atoms. The van der Waals surface area contributed by atoms with Gasteiger partial charge in [-0.25, -0.2) is 4.79 Å². The van der Waals surface area contributed by atoms with Gasteiger partial charge in [-0.3, -0.25) is 4.79 Å². The van der Waals surface area contributed by atoms with E-state index in [0.29, 0.717) is 34.3 Å². The first kappa shape index (κ1) is 19.6. The van der Waals surface area contributed by atoms with Crippen molar-refractivity contribution < 1.29 is 13.9 Å². The molecule has 0 aliphatic heterocycles.